The zero-order valence-corrected chi connectivity index (χ0v) is 17.9. The fraction of sp³-hybridized carbons (Fsp3) is 0.462. The van der Waals surface area contributed by atoms with Crippen molar-refractivity contribution in [1.82, 2.24) is 10.2 Å². The molecule has 1 fully saturated rings. The van der Waals surface area contributed by atoms with Crippen LogP contribution >= 0.6 is 0 Å². The minimum Gasteiger partial charge on any atom is -0.342 e. The van der Waals surface area contributed by atoms with Crippen LogP contribution in [-0.4, -0.2) is 29.8 Å². The Kier molecular flexibility index (Phi) is 6.21. The van der Waals surface area contributed by atoms with Gasteiger partial charge in [0, 0.05) is 18.7 Å². The third-order valence-electron chi connectivity index (χ3n) is 6.78. The molecule has 2 atom stereocenters. The molecule has 0 bridgehead atoms. The van der Waals surface area contributed by atoms with Gasteiger partial charge in [0.1, 0.15) is 0 Å². The average Bonchev–Trinajstić information content (AvgIpc) is 3.33. The summed E-state index contributed by atoms with van der Waals surface area (Å²) in [7, 11) is 0. The number of benzene rings is 2. The van der Waals surface area contributed by atoms with Crippen LogP contribution in [0.15, 0.2) is 54.6 Å². The van der Waals surface area contributed by atoms with E-state index in [0.29, 0.717) is 5.56 Å². The lowest BCUT2D eigenvalue weighted by molar-refractivity contribution is -0.138. The van der Waals surface area contributed by atoms with Crippen LogP contribution in [0.2, 0.25) is 0 Å². The van der Waals surface area contributed by atoms with Crippen LogP contribution < -0.4 is 5.32 Å². The molecule has 4 rings (SSSR count). The molecule has 158 valence electrons. The highest BCUT2D eigenvalue weighted by Crippen LogP contribution is 2.44. The minimum atomic E-state index is -0.655. The minimum absolute atomic E-state index is 0.0948. The second-order valence-corrected chi connectivity index (χ2v) is 8.68. The van der Waals surface area contributed by atoms with Crippen LogP contribution in [0.3, 0.4) is 0 Å². The second kappa shape index (κ2) is 9.03. The summed E-state index contributed by atoms with van der Waals surface area (Å²) in [6.07, 6.45) is 6.60. The average molecular weight is 405 g/mol. The van der Waals surface area contributed by atoms with Crippen LogP contribution in [-0.2, 0) is 16.8 Å². The first-order chi connectivity index (χ1) is 14.7. The molecule has 2 aromatic carbocycles. The molecule has 4 nitrogen and oxygen atoms in total. The fourth-order valence-corrected chi connectivity index (χ4v) is 5.34. The van der Waals surface area contributed by atoms with Gasteiger partial charge in [-0.3, -0.25) is 9.59 Å². The number of aryl methyl sites for hydroxylation is 1. The molecule has 2 aromatic rings. The SMILES string of the molecule is CCC[C@H](C(=O)N1CCCC1)[C@@]1(NC(=O)c2ccccc2)CCCc2ccccc21. The number of fused-ring (bicyclic) bond motifs is 1. The maximum atomic E-state index is 13.7. The third-order valence-corrected chi connectivity index (χ3v) is 6.78. The number of hydrogen-bond donors (Lipinski definition) is 1. The van der Waals surface area contributed by atoms with E-state index >= 15 is 0 Å². The van der Waals surface area contributed by atoms with Crippen molar-refractivity contribution in [3.8, 4) is 0 Å². The van der Waals surface area contributed by atoms with Crippen molar-refractivity contribution in [3.05, 3.63) is 71.3 Å². The first-order valence-electron chi connectivity index (χ1n) is 11.4. The molecule has 2 aliphatic rings. The summed E-state index contributed by atoms with van der Waals surface area (Å²) in [5.74, 6) is -0.128. The molecule has 0 unspecified atom stereocenters. The van der Waals surface area contributed by atoms with Crippen molar-refractivity contribution in [3.63, 3.8) is 0 Å². The molecule has 1 aliphatic heterocycles. The number of amides is 2. The summed E-state index contributed by atoms with van der Waals surface area (Å²) in [4.78, 5) is 29.1. The lowest BCUT2D eigenvalue weighted by Crippen LogP contribution is -2.57. The molecule has 0 saturated carbocycles. The Hall–Kier alpha value is -2.62. The highest BCUT2D eigenvalue weighted by Gasteiger charge is 2.48. The van der Waals surface area contributed by atoms with Crippen LogP contribution in [0, 0.1) is 5.92 Å². The summed E-state index contributed by atoms with van der Waals surface area (Å²) < 4.78 is 0. The maximum absolute atomic E-state index is 13.7. The van der Waals surface area contributed by atoms with Gasteiger partial charge in [-0.25, -0.2) is 0 Å². The molecule has 1 aliphatic carbocycles. The van der Waals surface area contributed by atoms with Gasteiger partial charge < -0.3 is 10.2 Å². The molecule has 30 heavy (non-hydrogen) atoms. The van der Waals surface area contributed by atoms with Gasteiger partial charge in [-0.2, -0.15) is 0 Å². The molecule has 0 radical (unpaired) electrons. The summed E-state index contributed by atoms with van der Waals surface area (Å²) in [6.45, 7) is 3.80. The van der Waals surface area contributed by atoms with Crippen molar-refractivity contribution in [2.75, 3.05) is 13.1 Å². The molecule has 4 heteroatoms. The molecular weight excluding hydrogens is 372 g/mol. The van der Waals surface area contributed by atoms with Crippen molar-refractivity contribution >= 4 is 11.8 Å². The van der Waals surface area contributed by atoms with Crippen molar-refractivity contribution < 1.29 is 9.59 Å². The quantitative estimate of drug-likeness (QED) is 0.759. The summed E-state index contributed by atoms with van der Waals surface area (Å²) in [6, 6.07) is 17.7. The Bertz CT molecular complexity index is 889. The Morgan fingerprint density at radius 1 is 1.00 bits per heavy atom. The van der Waals surface area contributed by atoms with E-state index in [1.54, 1.807) is 0 Å². The Morgan fingerprint density at radius 2 is 1.70 bits per heavy atom. The van der Waals surface area contributed by atoms with E-state index in [9.17, 15) is 9.59 Å². The number of nitrogens with zero attached hydrogens (tertiary/aromatic N) is 1. The van der Waals surface area contributed by atoms with E-state index in [-0.39, 0.29) is 17.7 Å². The Labute approximate surface area is 179 Å². The lowest BCUT2D eigenvalue weighted by atomic mass is 9.67. The van der Waals surface area contributed by atoms with Gasteiger partial charge in [0.05, 0.1) is 11.5 Å². The first-order valence-corrected chi connectivity index (χ1v) is 11.4. The van der Waals surface area contributed by atoms with Gasteiger partial charge >= 0.3 is 0 Å². The monoisotopic (exact) mass is 404 g/mol. The summed E-state index contributed by atoms with van der Waals surface area (Å²) in [5, 5.41) is 3.41. The predicted octanol–water partition coefficient (Wildman–Crippen LogP) is 4.69. The van der Waals surface area contributed by atoms with Crippen LogP contribution in [0.25, 0.3) is 0 Å². The van der Waals surface area contributed by atoms with E-state index in [0.717, 1.165) is 63.6 Å². The second-order valence-electron chi connectivity index (χ2n) is 8.68. The topological polar surface area (TPSA) is 49.4 Å². The van der Waals surface area contributed by atoms with Gasteiger partial charge in [-0.05, 0) is 61.8 Å². The zero-order chi connectivity index (χ0) is 21.0. The lowest BCUT2D eigenvalue weighted by Gasteiger charge is -2.46. The molecule has 0 spiro atoms. The first kappa shape index (κ1) is 20.6. The molecular formula is C26H32N2O2. The van der Waals surface area contributed by atoms with Crippen molar-refractivity contribution in [2.45, 2.75) is 57.4 Å². The van der Waals surface area contributed by atoms with Gasteiger partial charge in [0.15, 0.2) is 0 Å². The number of carbonyl (C=O) groups excluding carboxylic acids is 2. The van der Waals surface area contributed by atoms with E-state index in [2.05, 4.69) is 30.4 Å². The smallest absolute Gasteiger partial charge is 0.251 e. The van der Waals surface area contributed by atoms with Gasteiger partial charge in [-0.15, -0.1) is 0 Å². The standard InChI is InChI=1S/C26H32N2O2/c1-2-11-23(25(30)28-18-8-9-19-28)26(27-24(29)21-13-4-3-5-14-21)17-10-15-20-12-6-7-16-22(20)26/h3-7,12-14,16,23H,2,8-11,15,17-19H2,1H3,(H,27,29)/t23-,26-/m1/s1. The van der Waals surface area contributed by atoms with E-state index in [1.807, 2.05) is 41.3 Å². The molecule has 2 amide bonds. The highest BCUT2D eigenvalue weighted by molar-refractivity contribution is 5.95. The molecule has 1 N–H and O–H groups in total. The van der Waals surface area contributed by atoms with E-state index < -0.39 is 5.54 Å². The molecule has 1 heterocycles. The Balaban J connectivity index is 1.78. The van der Waals surface area contributed by atoms with Crippen LogP contribution in [0.4, 0.5) is 0 Å². The van der Waals surface area contributed by atoms with Crippen LogP contribution in [0.1, 0.15) is 66.9 Å². The number of rotatable bonds is 6. The van der Waals surface area contributed by atoms with Gasteiger partial charge in [-0.1, -0.05) is 55.8 Å². The third kappa shape index (κ3) is 3.88. The summed E-state index contributed by atoms with van der Waals surface area (Å²) >= 11 is 0. The summed E-state index contributed by atoms with van der Waals surface area (Å²) in [5.41, 5.74) is 2.38. The normalized spacial score (nSPS) is 21.7. The van der Waals surface area contributed by atoms with Gasteiger partial charge in [0.2, 0.25) is 5.91 Å². The van der Waals surface area contributed by atoms with Gasteiger partial charge in [0.25, 0.3) is 5.91 Å². The fourth-order valence-electron chi connectivity index (χ4n) is 5.34. The molecule has 1 saturated heterocycles. The van der Waals surface area contributed by atoms with Crippen LogP contribution in [0.5, 0.6) is 0 Å². The highest BCUT2D eigenvalue weighted by atomic mass is 16.2. The maximum Gasteiger partial charge on any atom is 0.251 e. The Morgan fingerprint density at radius 3 is 2.43 bits per heavy atom. The largest absolute Gasteiger partial charge is 0.342 e. The predicted molar refractivity (Wildman–Crippen MR) is 119 cm³/mol. The number of hydrogen-bond acceptors (Lipinski definition) is 2. The van der Waals surface area contributed by atoms with Crippen molar-refractivity contribution in [2.24, 2.45) is 5.92 Å². The van der Waals surface area contributed by atoms with Crippen molar-refractivity contribution in [1.29, 1.82) is 0 Å². The van der Waals surface area contributed by atoms with E-state index in [1.165, 1.54) is 5.56 Å². The molecule has 0 aromatic heterocycles. The number of nitrogens with one attached hydrogen (secondary N) is 1. The zero-order valence-electron chi connectivity index (χ0n) is 17.9. The van der Waals surface area contributed by atoms with E-state index in [4.69, 9.17) is 0 Å². The number of likely N-dealkylation sites (tertiary alicyclic amines) is 1. The number of carbonyl (C=O) groups is 2.